The first-order valence-corrected chi connectivity index (χ1v) is 6.97. The lowest BCUT2D eigenvalue weighted by molar-refractivity contribution is -0.121. The second kappa shape index (κ2) is 7.00. The van der Waals surface area contributed by atoms with Crippen molar-refractivity contribution in [3.05, 3.63) is 0 Å². The molecule has 3 nitrogen and oxygen atoms in total. The molecule has 0 aromatic rings. The predicted octanol–water partition coefficient (Wildman–Crippen LogP) is 2.46. The molecule has 0 aromatic heterocycles. The molecule has 0 heterocycles. The smallest absolute Gasteiger partial charge is 0.234 e. The highest BCUT2D eigenvalue weighted by atomic mass is 16.1. The fourth-order valence-electron chi connectivity index (χ4n) is 2.25. The van der Waals surface area contributed by atoms with E-state index in [0.29, 0.717) is 12.6 Å². The lowest BCUT2D eigenvalue weighted by Gasteiger charge is -2.20. The van der Waals surface area contributed by atoms with Gasteiger partial charge >= 0.3 is 0 Å². The third-order valence-electron chi connectivity index (χ3n) is 3.16. The second-order valence-corrected chi connectivity index (χ2v) is 6.42. The van der Waals surface area contributed by atoms with Crippen molar-refractivity contribution in [3.63, 3.8) is 0 Å². The standard InChI is InChI=1S/C14H28N2O/c1-14(2,3)11-15-10-13(17)16-12-8-6-4-5-7-9-12/h12,15H,4-11H2,1-3H3,(H,16,17). The van der Waals surface area contributed by atoms with Gasteiger partial charge in [-0.15, -0.1) is 0 Å². The Bertz CT molecular complexity index is 225. The van der Waals surface area contributed by atoms with E-state index in [-0.39, 0.29) is 11.3 Å². The number of hydrogen-bond donors (Lipinski definition) is 2. The van der Waals surface area contributed by atoms with Crippen LogP contribution in [0.1, 0.15) is 59.3 Å². The number of amides is 1. The highest BCUT2D eigenvalue weighted by Gasteiger charge is 2.15. The van der Waals surface area contributed by atoms with Crippen molar-refractivity contribution < 1.29 is 4.79 Å². The van der Waals surface area contributed by atoms with Crippen LogP contribution in [0.4, 0.5) is 0 Å². The van der Waals surface area contributed by atoms with E-state index in [4.69, 9.17) is 0 Å². The Hall–Kier alpha value is -0.570. The SMILES string of the molecule is CC(C)(C)CNCC(=O)NC1CCCCCC1. The maximum absolute atomic E-state index is 11.7. The summed E-state index contributed by atoms with van der Waals surface area (Å²) in [4.78, 5) is 11.7. The molecule has 0 spiro atoms. The number of carbonyl (C=O) groups is 1. The topological polar surface area (TPSA) is 41.1 Å². The molecule has 0 unspecified atom stereocenters. The van der Waals surface area contributed by atoms with Gasteiger partial charge in [-0.2, -0.15) is 0 Å². The summed E-state index contributed by atoms with van der Waals surface area (Å²) in [5, 5.41) is 6.36. The second-order valence-electron chi connectivity index (χ2n) is 6.42. The largest absolute Gasteiger partial charge is 0.352 e. The van der Waals surface area contributed by atoms with Crippen molar-refractivity contribution in [1.29, 1.82) is 0 Å². The van der Waals surface area contributed by atoms with E-state index in [1.165, 1.54) is 25.7 Å². The minimum atomic E-state index is 0.154. The van der Waals surface area contributed by atoms with Crippen LogP contribution in [-0.4, -0.2) is 25.0 Å². The molecule has 0 radical (unpaired) electrons. The molecule has 0 aromatic carbocycles. The minimum Gasteiger partial charge on any atom is -0.352 e. The van der Waals surface area contributed by atoms with Gasteiger partial charge in [-0.05, 0) is 18.3 Å². The van der Waals surface area contributed by atoms with Gasteiger partial charge in [0.1, 0.15) is 0 Å². The normalized spacial score (nSPS) is 18.8. The molecule has 1 amide bonds. The van der Waals surface area contributed by atoms with Crippen LogP contribution in [-0.2, 0) is 4.79 Å². The van der Waals surface area contributed by atoms with Crippen LogP contribution in [0.3, 0.4) is 0 Å². The van der Waals surface area contributed by atoms with Crippen LogP contribution in [0, 0.1) is 5.41 Å². The third kappa shape index (κ3) is 7.37. The van der Waals surface area contributed by atoms with Crippen LogP contribution < -0.4 is 10.6 Å². The summed E-state index contributed by atoms with van der Waals surface area (Å²) in [5.74, 6) is 0.154. The van der Waals surface area contributed by atoms with E-state index in [0.717, 1.165) is 19.4 Å². The zero-order chi connectivity index (χ0) is 12.7. The van der Waals surface area contributed by atoms with E-state index in [2.05, 4.69) is 31.4 Å². The van der Waals surface area contributed by atoms with Crippen LogP contribution in [0.15, 0.2) is 0 Å². The van der Waals surface area contributed by atoms with Gasteiger partial charge in [-0.1, -0.05) is 46.5 Å². The Labute approximate surface area is 106 Å². The molecule has 1 saturated carbocycles. The van der Waals surface area contributed by atoms with Crippen LogP contribution in [0.5, 0.6) is 0 Å². The van der Waals surface area contributed by atoms with Gasteiger partial charge in [-0.3, -0.25) is 4.79 Å². The summed E-state index contributed by atoms with van der Waals surface area (Å²) in [6, 6.07) is 0.418. The van der Waals surface area contributed by atoms with E-state index in [1.54, 1.807) is 0 Å². The summed E-state index contributed by atoms with van der Waals surface area (Å²) in [5.41, 5.74) is 0.239. The molecule has 1 fully saturated rings. The Kier molecular flexibility index (Phi) is 5.96. The highest BCUT2D eigenvalue weighted by molar-refractivity contribution is 5.78. The maximum Gasteiger partial charge on any atom is 0.234 e. The van der Waals surface area contributed by atoms with Crippen molar-refractivity contribution in [3.8, 4) is 0 Å². The first-order valence-electron chi connectivity index (χ1n) is 6.97. The van der Waals surface area contributed by atoms with Crippen molar-refractivity contribution in [1.82, 2.24) is 10.6 Å². The molecule has 0 saturated heterocycles. The van der Waals surface area contributed by atoms with Crippen molar-refractivity contribution in [2.45, 2.75) is 65.3 Å². The summed E-state index contributed by atoms with van der Waals surface area (Å²) < 4.78 is 0. The minimum absolute atomic E-state index is 0.154. The average molecular weight is 240 g/mol. The molecule has 0 aliphatic heterocycles. The molecule has 0 bridgehead atoms. The molecule has 1 aliphatic carbocycles. The molecule has 2 N–H and O–H groups in total. The average Bonchev–Trinajstić information content (AvgIpc) is 2.44. The summed E-state index contributed by atoms with van der Waals surface area (Å²) in [6.45, 7) is 7.84. The summed E-state index contributed by atoms with van der Waals surface area (Å²) in [7, 11) is 0. The number of hydrogen-bond acceptors (Lipinski definition) is 2. The van der Waals surface area contributed by atoms with Crippen LogP contribution in [0.25, 0.3) is 0 Å². The van der Waals surface area contributed by atoms with Gasteiger partial charge in [0.25, 0.3) is 0 Å². The molecule has 100 valence electrons. The van der Waals surface area contributed by atoms with Crippen molar-refractivity contribution >= 4 is 5.91 Å². The Morgan fingerprint density at radius 2 is 1.71 bits per heavy atom. The van der Waals surface area contributed by atoms with Gasteiger partial charge in [0.05, 0.1) is 6.54 Å². The quantitative estimate of drug-likeness (QED) is 0.741. The third-order valence-corrected chi connectivity index (χ3v) is 3.16. The van der Waals surface area contributed by atoms with Crippen molar-refractivity contribution in [2.75, 3.05) is 13.1 Å². The molecule has 17 heavy (non-hydrogen) atoms. The van der Waals surface area contributed by atoms with E-state index >= 15 is 0 Å². The van der Waals surface area contributed by atoms with Gasteiger partial charge < -0.3 is 10.6 Å². The monoisotopic (exact) mass is 240 g/mol. The van der Waals surface area contributed by atoms with E-state index < -0.39 is 0 Å². The van der Waals surface area contributed by atoms with Crippen molar-refractivity contribution in [2.24, 2.45) is 5.41 Å². The summed E-state index contributed by atoms with van der Waals surface area (Å²) in [6.07, 6.45) is 7.50. The van der Waals surface area contributed by atoms with Crippen LogP contribution >= 0.6 is 0 Å². The molecule has 0 atom stereocenters. The first-order chi connectivity index (χ1) is 7.97. The van der Waals surface area contributed by atoms with Gasteiger partial charge in [0, 0.05) is 12.6 Å². The molecular weight excluding hydrogens is 212 g/mol. The first kappa shape index (κ1) is 14.5. The Morgan fingerprint density at radius 1 is 1.12 bits per heavy atom. The Balaban J connectivity index is 2.15. The van der Waals surface area contributed by atoms with Crippen LogP contribution in [0.2, 0.25) is 0 Å². The van der Waals surface area contributed by atoms with Gasteiger partial charge in [0.2, 0.25) is 5.91 Å². The molecule has 1 rings (SSSR count). The number of nitrogens with one attached hydrogen (secondary N) is 2. The number of carbonyl (C=O) groups excluding carboxylic acids is 1. The van der Waals surface area contributed by atoms with E-state index in [9.17, 15) is 4.79 Å². The lowest BCUT2D eigenvalue weighted by Crippen LogP contribution is -2.41. The highest BCUT2D eigenvalue weighted by Crippen LogP contribution is 2.17. The molecular formula is C14H28N2O. The zero-order valence-corrected chi connectivity index (χ0v) is 11.6. The number of rotatable bonds is 4. The molecule has 3 heteroatoms. The van der Waals surface area contributed by atoms with Gasteiger partial charge in [-0.25, -0.2) is 0 Å². The Morgan fingerprint density at radius 3 is 2.24 bits per heavy atom. The predicted molar refractivity (Wildman–Crippen MR) is 72.0 cm³/mol. The maximum atomic E-state index is 11.7. The molecule has 1 aliphatic rings. The lowest BCUT2D eigenvalue weighted by atomic mass is 9.97. The fourth-order valence-corrected chi connectivity index (χ4v) is 2.25. The van der Waals surface area contributed by atoms with E-state index in [1.807, 2.05) is 0 Å². The van der Waals surface area contributed by atoms with Gasteiger partial charge in [0.15, 0.2) is 0 Å². The summed E-state index contributed by atoms with van der Waals surface area (Å²) >= 11 is 0. The zero-order valence-electron chi connectivity index (χ0n) is 11.6. The fraction of sp³-hybridized carbons (Fsp3) is 0.929.